The van der Waals surface area contributed by atoms with Crippen LogP contribution in [0.3, 0.4) is 0 Å². The van der Waals surface area contributed by atoms with E-state index in [9.17, 15) is 4.79 Å². The number of anilines is 1. The van der Waals surface area contributed by atoms with Crippen LogP contribution in [0, 0.1) is 11.8 Å². The Balaban J connectivity index is 2.84. The molecule has 0 aromatic carbocycles. The lowest BCUT2D eigenvalue weighted by atomic mass is 10.3. The summed E-state index contributed by atoms with van der Waals surface area (Å²) < 4.78 is 4.61. The second-order valence-electron chi connectivity index (χ2n) is 2.41. The summed E-state index contributed by atoms with van der Waals surface area (Å²) in [6, 6.07) is 0. The molecule has 78 valence electrons. The minimum Gasteiger partial charge on any atom is -0.456 e. The molecule has 0 unspecified atom stereocenters. The molecule has 5 nitrogen and oxygen atoms in total. The Kier molecular flexibility index (Phi) is 3.89. The fourth-order valence-corrected chi connectivity index (χ4v) is 0.894. The lowest BCUT2D eigenvalue weighted by Crippen LogP contribution is -2.01. The van der Waals surface area contributed by atoms with Crippen LogP contribution in [0.2, 0.25) is 5.28 Å². The van der Waals surface area contributed by atoms with Crippen molar-refractivity contribution in [3.05, 3.63) is 17.0 Å². The molecule has 0 aliphatic heterocycles. The molecule has 1 rings (SSSR count). The molecule has 0 saturated carbocycles. The lowest BCUT2D eigenvalue weighted by molar-refractivity contribution is -0.136. The summed E-state index contributed by atoms with van der Waals surface area (Å²) in [5, 5.41) is 0.0363. The van der Waals surface area contributed by atoms with Crippen molar-refractivity contribution in [2.45, 2.75) is 6.92 Å². The van der Waals surface area contributed by atoms with E-state index < -0.39 is 5.97 Å². The van der Waals surface area contributed by atoms with Crippen LogP contribution in [-0.4, -0.2) is 22.5 Å². The molecule has 0 saturated heterocycles. The van der Waals surface area contributed by atoms with Gasteiger partial charge in [-0.15, -0.1) is 0 Å². The van der Waals surface area contributed by atoms with Crippen molar-refractivity contribution in [2.75, 3.05) is 12.3 Å². The van der Waals surface area contributed by atoms with E-state index in [0.29, 0.717) is 5.56 Å². The van der Waals surface area contributed by atoms with Crippen LogP contribution >= 0.6 is 11.6 Å². The third-order valence-electron chi connectivity index (χ3n) is 1.36. The van der Waals surface area contributed by atoms with Crippen molar-refractivity contribution < 1.29 is 9.53 Å². The van der Waals surface area contributed by atoms with Crippen LogP contribution < -0.4 is 5.73 Å². The molecule has 1 aromatic rings. The number of nitrogen functional groups attached to an aromatic ring is 1. The van der Waals surface area contributed by atoms with Crippen molar-refractivity contribution in [2.24, 2.45) is 0 Å². The van der Waals surface area contributed by atoms with Gasteiger partial charge >= 0.3 is 5.97 Å². The summed E-state index contributed by atoms with van der Waals surface area (Å²) in [4.78, 5) is 18.2. The summed E-state index contributed by atoms with van der Waals surface area (Å²) in [5.41, 5.74) is 5.83. The summed E-state index contributed by atoms with van der Waals surface area (Å²) in [6.45, 7) is 1.97. The predicted molar refractivity (Wildman–Crippen MR) is 55.0 cm³/mol. The Labute approximate surface area is 91.6 Å². The van der Waals surface area contributed by atoms with E-state index in [1.54, 1.807) is 6.92 Å². The maximum absolute atomic E-state index is 10.9. The average Bonchev–Trinajstić information content (AvgIpc) is 2.17. The summed E-state index contributed by atoms with van der Waals surface area (Å²) >= 11 is 5.49. The number of halogens is 1. The van der Waals surface area contributed by atoms with Crippen LogP contribution in [0.25, 0.3) is 0 Å². The summed E-state index contributed by atoms with van der Waals surface area (Å²) in [7, 11) is 0. The lowest BCUT2D eigenvalue weighted by Gasteiger charge is -1.95. The second-order valence-corrected chi connectivity index (χ2v) is 2.75. The zero-order valence-electron chi connectivity index (χ0n) is 7.95. The zero-order chi connectivity index (χ0) is 11.3. The Morgan fingerprint density at radius 1 is 1.73 bits per heavy atom. The van der Waals surface area contributed by atoms with Gasteiger partial charge < -0.3 is 10.5 Å². The first-order valence-corrected chi connectivity index (χ1v) is 4.48. The van der Waals surface area contributed by atoms with Crippen molar-refractivity contribution >= 4 is 23.4 Å². The minimum atomic E-state index is -0.619. The van der Waals surface area contributed by atoms with Gasteiger partial charge in [-0.3, -0.25) is 0 Å². The largest absolute Gasteiger partial charge is 0.456 e. The SMILES string of the molecule is CCOC(=O)C#Cc1cnc(Cl)nc1N. The summed E-state index contributed by atoms with van der Waals surface area (Å²) in [6.07, 6.45) is 1.34. The molecule has 0 fully saturated rings. The van der Waals surface area contributed by atoms with Crippen LogP contribution in [0.15, 0.2) is 6.20 Å². The van der Waals surface area contributed by atoms with Gasteiger partial charge in [0.15, 0.2) is 0 Å². The molecule has 0 atom stereocenters. The second kappa shape index (κ2) is 5.17. The highest BCUT2D eigenvalue weighted by molar-refractivity contribution is 6.28. The van der Waals surface area contributed by atoms with Crippen molar-refractivity contribution in [1.82, 2.24) is 9.97 Å². The molecule has 0 spiro atoms. The van der Waals surface area contributed by atoms with Gasteiger partial charge in [0.05, 0.1) is 12.2 Å². The molecule has 0 aliphatic rings. The van der Waals surface area contributed by atoms with E-state index in [2.05, 4.69) is 26.5 Å². The Morgan fingerprint density at radius 2 is 2.47 bits per heavy atom. The molecule has 1 aromatic heterocycles. The quantitative estimate of drug-likeness (QED) is 0.431. The van der Waals surface area contributed by atoms with Gasteiger partial charge in [0.25, 0.3) is 0 Å². The van der Waals surface area contributed by atoms with E-state index in [1.807, 2.05) is 0 Å². The molecule has 0 bridgehead atoms. The predicted octanol–water partition coefficient (Wildman–Crippen LogP) is 0.627. The molecule has 0 aliphatic carbocycles. The third-order valence-corrected chi connectivity index (χ3v) is 1.55. The van der Waals surface area contributed by atoms with Gasteiger partial charge in [0.1, 0.15) is 5.82 Å². The number of esters is 1. The number of carbonyl (C=O) groups excluding carboxylic acids is 1. The monoisotopic (exact) mass is 225 g/mol. The first-order valence-electron chi connectivity index (χ1n) is 4.10. The summed E-state index contributed by atoms with van der Waals surface area (Å²) in [5.74, 6) is 4.25. The average molecular weight is 226 g/mol. The number of nitrogens with two attached hydrogens (primary N) is 1. The van der Waals surface area contributed by atoms with E-state index >= 15 is 0 Å². The van der Waals surface area contributed by atoms with E-state index in [4.69, 9.17) is 17.3 Å². The molecule has 2 N–H and O–H groups in total. The number of hydrogen-bond donors (Lipinski definition) is 1. The van der Waals surface area contributed by atoms with Gasteiger partial charge in [0.2, 0.25) is 5.28 Å². The van der Waals surface area contributed by atoms with E-state index in [1.165, 1.54) is 6.20 Å². The number of rotatable bonds is 1. The Morgan fingerprint density at radius 3 is 3.07 bits per heavy atom. The maximum atomic E-state index is 10.9. The molecular weight excluding hydrogens is 218 g/mol. The molecule has 1 heterocycles. The zero-order valence-corrected chi connectivity index (χ0v) is 8.71. The van der Waals surface area contributed by atoms with Crippen LogP contribution in [0.1, 0.15) is 12.5 Å². The third kappa shape index (κ3) is 3.44. The smallest absolute Gasteiger partial charge is 0.384 e. The van der Waals surface area contributed by atoms with Gasteiger partial charge in [0, 0.05) is 12.1 Å². The number of nitrogens with zero attached hydrogens (tertiary/aromatic N) is 2. The molecule has 0 radical (unpaired) electrons. The topological polar surface area (TPSA) is 78.1 Å². The highest BCUT2D eigenvalue weighted by Gasteiger charge is 2.00. The Bertz CT molecular complexity index is 437. The van der Waals surface area contributed by atoms with Crippen molar-refractivity contribution in [1.29, 1.82) is 0 Å². The highest BCUT2D eigenvalue weighted by atomic mass is 35.5. The first-order chi connectivity index (χ1) is 7.13. The van der Waals surface area contributed by atoms with Crippen molar-refractivity contribution in [3.8, 4) is 11.8 Å². The molecular formula is C9H8ClN3O2. The number of carbonyl (C=O) groups is 1. The standard InChI is InChI=1S/C9H8ClN3O2/c1-2-15-7(14)4-3-6-5-12-9(10)13-8(6)11/h5H,2H2,1H3,(H2,11,12,13). The molecule has 15 heavy (non-hydrogen) atoms. The van der Waals surface area contributed by atoms with E-state index in [-0.39, 0.29) is 17.7 Å². The van der Waals surface area contributed by atoms with Crippen LogP contribution in [0.4, 0.5) is 5.82 Å². The highest BCUT2D eigenvalue weighted by Crippen LogP contribution is 2.08. The molecule has 6 heteroatoms. The normalized spacial score (nSPS) is 8.93. The molecule has 0 amide bonds. The van der Waals surface area contributed by atoms with E-state index in [0.717, 1.165) is 0 Å². The van der Waals surface area contributed by atoms with Gasteiger partial charge in [-0.25, -0.2) is 9.78 Å². The fraction of sp³-hybridized carbons (Fsp3) is 0.222. The van der Waals surface area contributed by atoms with Crippen molar-refractivity contribution in [3.63, 3.8) is 0 Å². The maximum Gasteiger partial charge on any atom is 0.384 e. The number of hydrogen-bond acceptors (Lipinski definition) is 5. The van der Waals surface area contributed by atoms with Crippen LogP contribution in [-0.2, 0) is 9.53 Å². The number of ether oxygens (including phenoxy) is 1. The number of aromatic nitrogens is 2. The van der Waals surface area contributed by atoms with Gasteiger partial charge in [-0.2, -0.15) is 4.98 Å². The van der Waals surface area contributed by atoms with Gasteiger partial charge in [-0.1, -0.05) is 0 Å². The minimum absolute atomic E-state index is 0.0363. The fourth-order valence-electron chi connectivity index (χ4n) is 0.754. The van der Waals surface area contributed by atoms with Crippen LogP contribution in [0.5, 0.6) is 0 Å². The first kappa shape index (κ1) is 11.3. The Hall–Kier alpha value is -1.80. The van der Waals surface area contributed by atoms with Gasteiger partial charge in [-0.05, 0) is 24.4 Å².